The molecule has 0 aliphatic rings. The van der Waals surface area contributed by atoms with E-state index in [1.165, 1.54) is 0 Å². The second-order valence-electron chi connectivity index (χ2n) is 8.93. The van der Waals surface area contributed by atoms with Crippen LogP contribution in [0.1, 0.15) is 21.5 Å². The third-order valence-electron chi connectivity index (χ3n) is 5.66. The molecule has 0 fully saturated rings. The molecule has 1 N–H and O–H groups in total. The average molecular weight is 747 g/mol. The Bertz CT molecular complexity index is 1780. The number of Topliss-reactive ketones (excluding diaryl/α,β-unsaturated/α-hetero) is 1. The lowest BCUT2D eigenvalue weighted by Gasteiger charge is -2.10. The molecule has 240 valence electrons. The van der Waals surface area contributed by atoms with Crippen molar-refractivity contribution in [3.63, 3.8) is 0 Å². The van der Waals surface area contributed by atoms with Gasteiger partial charge in [-0.2, -0.15) is 0 Å². The first-order valence-electron chi connectivity index (χ1n) is 12.7. The van der Waals surface area contributed by atoms with Gasteiger partial charge in [0.2, 0.25) is 0 Å². The molecule has 0 unspecified atom stereocenters. The van der Waals surface area contributed by atoms with Crippen LogP contribution in [0.4, 0.5) is 0 Å². The summed E-state index contributed by atoms with van der Waals surface area (Å²) in [7, 11) is 0. The number of hydrogen-bond acceptors (Lipinski definition) is 7. The van der Waals surface area contributed by atoms with E-state index in [9.17, 15) is 4.79 Å². The second-order valence-corrected chi connectivity index (χ2v) is 11.5. The van der Waals surface area contributed by atoms with Gasteiger partial charge in [-0.05, 0) is 48.5 Å². The minimum atomic E-state index is -1.50. The van der Waals surface area contributed by atoms with E-state index in [1.807, 2.05) is 10.8 Å². The Morgan fingerprint density at radius 2 is 1.26 bits per heavy atom. The minimum Gasteiger partial charge on any atom is -0.391 e. The van der Waals surface area contributed by atoms with Gasteiger partial charge in [-0.15, -0.1) is 10.1 Å². The Morgan fingerprint density at radius 3 is 1.74 bits per heavy atom. The topological polar surface area (TPSA) is 138 Å². The highest BCUT2D eigenvalue weighted by Gasteiger charge is 2.12. The summed E-state index contributed by atoms with van der Waals surface area (Å²) in [6, 6.07) is 15.3. The molecule has 0 aliphatic heterocycles. The highest BCUT2D eigenvalue weighted by atomic mass is 35.5. The van der Waals surface area contributed by atoms with Crippen LogP contribution in [-0.2, 0) is 24.5 Å². The van der Waals surface area contributed by atoms with Crippen molar-refractivity contribution in [2.45, 2.75) is 19.7 Å². The molecule has 0 amide bonds. The molecule has 2 aromatic heterocycles. The van der Waals surface area contributed by atoms with E-state index in [0.29, 0.717) is 48.0 Å². The van der Waals surface area contributed by atoms with Crippen molar-refractivity contribution in [3.05, 3.63) is 149 Å². The summed E-state index contributed by atoms with van der Waals surface area (Å²) >= 11 is 36.1. The number of aromatic nitrogens is 4. The van der Waals surface area contributed by atoms with Crippen molar-refractivity contribution in [1.82, 2.24) is 19.1 Å². The van der Waals surface area contributed by atoms with Crippen molar-refractivity contribution in [1.29, 1.82) is 0 Å². The molecule has 0 aliphatic carbocycles. The van der Waals surface area contributed by atoms with Crippen molar-refractivity contribution >= 4 is 81.1 Å². The number of benzene rings is 3. The molecule has 0 saturated heterocycles. The molecular weight excluding hydrogens is 725 g/mol. The number of rotatable bonds is 9. The van der Waals surface area contributed by atoms with Crippen LogP contribution in [-0.4, -0.2) is 40.9 Å². The summed E-state index contributed by atoms with van der Waals surface area (Å²) in [6.07, 6.45) is 10.1. The summed E-state index contributed by atoms with van der Waals surface area (Å²) in [5.74, 6) is -0.0698. The molecule has 5 rings (SSSR count). The monoisotopic (exact) mass is 744 g/mol. The number of ketones is 1. The number of carbonyl (C=O) groups is 1. The van der Waals surface area contributed by atoms with E-state index >= 15 is 0 Å². The molecule has 11 nitrogen and oxygen atoms in total. The Morgan fingerprint density at radius 1 is 0.783 bits per heavy atom. The van der Waals surface area contributed by atoms with Crippen LogP contribution in [0.15, 0.2) is 97.2 Å². The molecule has 5 aromatic rings. The molecule has 3 aromatic carbocycles. The maximum atomic E-state index is 11.9. The first-order chi connectivity index (χ1) is 21.9. The normalized spacial score (nSPS) is 10.7. The van der Waals surface area contributed by atoms with Gasteiger partial charge in [0, 0.05) is 61.6 Å². The average Bonchev–Trinajstić information content (AvgIpc) is 3.68. The number of hydrogen-bond donors (Lipinski definition) is 1. The molecule has 0 bridgehead atoms. The summed E-state index contributed by atoms with van der Waals surface area (Å²) in [5, 5.41) is 20.9. The maximum Gasteiger partial charge on any atom is 0.291 e. The Hall–Kier alpha value is -3.84. The maximum absolute atomic E-state index is 11.9. The molecule has 0 spiro atoms. The number of imidazole rings is 2. The fourth-order valence-corrected chi connectivity index (χ4v) is 5.10. The Kier molecular flexibility index (Phi) is 14.6. The predicted octanol–water partition coefficient (Wildman–Crippen LogP) is 8.84. The van der Waals surface area contributed by atoms with Gasteiger partial charge < -0.3 is 19.2 Å². The van der Waals surface area contributed by atoms with Crippen LogP contribution >= 0.6 is 69.6 Å². The van der Waals surface area contributed by atoms with E-state index in [2.05, 4.69) is 15.1 Å². The Balaban J connectivity index is 0.000000245. The second kappa shape index (κ2) is 18.3. The van der Waals surface area contributed by atoms with Gasteiger partial charge in [-0.25, -0.2) is 9.97 Å². The first-order valence-corrected chi connectivity index (χ1v) is 15.0. The highest BCUT2D eigenvalue weighted by Crippen LogP contribution is 2.24. The van der Waals surface area contributed by atoms with Crippen LogP contribution in [0.2, 0.25) is 30.1 Å². The fourth-order valence-electron chi connectivity index (χ4n) is 3.61. The lowest BCUT2D eigenvalue weighted by Crippen LogP contribution is -2.12. The van der Waals surface area contributed by atoms with Crippen LogP contribution in [0.25, 0.3) is 0 Å². The van der Waals surface area contributed by atoms with E-state index < -0.39 is 5.09 Å². The fraction of sp³-hybridized carbons (Fsp3) is 0.103. The smallest absolute Gasteiger partial charge is 0.291 e. The van der Waals surface area contributed by atoms with Gasteiger partial charge in [0.05, 0.1) is 35.8 Å². The first kappa shape index (κ1) is 36.6. The summed E-state index contributed by atoms with van der Waals surface area (Å²) in [5.41, 5.74) is 2.62. The van der Waals surface area contributed by atoms with Gasteiger partial charge >= 0.3 is 0 Å². The number of carbonyl (C=O) groups excluding carboxylic acids is 1. The Labute approximate surface area is 292 Å². The summed E-state index contributed by atoms with van der Waals surface area (Å²) in [6.45, 7) is 0.867. The SMILES string of the molecule is Clc1ccc(CO/N=C(\Cn2ccnc2)c2ccc(Cl)cc2Cl)c(Cl)c1.O=C(Cn1ccnc1)c1ccc(Cl)cc1Cl.O=[N+]([O-])O. The standard InChI is InChI=1S/C18H13Cl4N3O.C11H8Cl2N2O.HNO3/c19-13-2-1-12(16(21)7-13)10-26-24-18(9-25-6-5-23-11-25)15-4-3-14(20)8-17(15)22;12-8-1-2-9(10(13)5-8)11(16)6-15-4-3-14-7-15;2-1(3)4/h1-8,11H,9-10H2;1-5,7H,6H2;(H,2,3,4)/b24-18+;;. The third kappa shape index (κ3) is 12.2. The number of nitrogens with zero attached hydrogens (tertiary/aromatic N) is 6. The largest absolute Gasteiger partial charge is 0.391 e. The van der Waals surface area contributed by atoms with Gasteiger partial charge in [0.1, 0.15) is 12.3 Å². The van der Waals surface area contributed by atoms with E-state index in [-0.39, 0.29) is 18.9 Å². The van der Waals surface area contributed by atoms with Crippen molar-refractivity contribution in [2.24, 2.45) is 5.16 Å². The van der Waals surface area contributed by atoms with E-state index in [0.717, 1.165) is 11.1 Å². The molecule has 0 radical (unpaired) electrons. The van der Waals surface area contributed by atoms with Crippen molar-refractivity contribution in [2.75, 3.05) is 0 Å². The zero-order valence-electron chi connectivity index (χ0n) is 23.3. The zero-order valence-corrected chi connectivity index (χ0v) is 27.8. The quantitative estimate of drug-likeness (QED) is 0.0689. The predicted molar refractivity (Wildman–Crippen MR) is 178 cm³/mol. The lowest BCUT2D eigenvalue weighted by atomic mass is 10.1. The molecule has 0 atom stereocenters. The number of halogens is 6. The number of oxime groups is 1. The molecule has 17 heteroatoms. The summed E-state index contributed by atoms with van der Waals surface area (Å²) in [4.78, 5) is 33.7. The van der Waals surface area contributed by atoms with Crippen LogP contribution in [0, 0.1) is 10.1 Å². The molecule has 2 heterocycles. The van der Waals surface area contributed by atoms with Crippen LogP contribution in [0.5, 0.6) is 0 Å². The van der Waals surface area contributed by atoms with Gasteiger partial charge in [0.25, 0.3) is 5.09 Å². The minimum absolute atomic E-state index is 0.0698. The van der Waals surface area contributed by atoms with Crippen molar-refractivity contribution < 1.29 is 19.9 Å². The molecule has 46 heavy (non-hydrogen) atoms. The molecule has 0 saturated carbocycles. The highest BCUT2D eigenvalue weighted by molar-refractivity contribution is 6.37. The lowest BCUT2D eigenvalue weighted by molar-refractivity contribution is -0.742. The zero-order chi connectivity index (χ0) is 33.6. The van der Waals surface area contributed by atoms with Crippen LogP contribution < -0.4 is 0 Å². The van der Waals surface area contributed by atoms with Gasteiger partial charge in [-0.1, -0.05) is 80.8 Å². The van der Waals surface area contributed by atoms with E-state index in [4.69, 9.17) is 89.8 Å². The van der Waals surface area contributed by atoms with Crippen LogP contribution in [0.3, 0.4) is 0 Å². The van der Waals surface area contributed by atoms with Gasteiger partial charge in [0.15, 0.2) is 5.78 Å². The summed E-state index contributed by atoms with van der Waals surface area (Å²) < 4.78 is 3.55. The third-order valence-corrected chi connectivity index (χ3v) is 7.34. The van der Waals surface area contributed by atoms with E-state index in [1.54, 1.807) is 90.4 Å². The molecular formula is C29H22Cl6N6O5. The van der Waals surface area contributed by atoms with Gasteiger partial charge in [-0.3, -0.25) is 4.79 Å². The van der Waals surface area contributed by atoms with Crippen molar-refractivity contribution in [3.8, 4) is 0 Å².